The van der Waals surface area contributed by atoms with Gasteiger partial charge in [-0.05, 0) is 37.9 Å². The van der Waals surface area contributed by atoms with E-state index in [-0.39, 0.29) is 5.56 Å². The molecule has 1 atom stereocenters. The number of carbonyl (C=O) groups is 1. The molecule has 0 spiro atoms. The second-order valence-electron chi connectivity index (χ2n) is 5.12. The highest BCUT2D eigenvalue weighted by molar-refractivity contribution is 5.93. The van der Waals surface area contributed by atoms with E-state index in [0.29, 0.717) is 17.6 Å². The molecule has 96 valence electrons. The molecule has 0 radical (unpaired) electrons. The van der Waals surface area contributed by atoms with E-state index in [2.05, 4.69) is 15.2 Å². The Bertz CT molecular complexity index is 455. The lowest BCUT2D eigenvalue weighted by Crippen LogP contribution is -2.53. The van der Waals surface area contributed by atoms with Crippen LogP contribution in [0.1, 0.15) is 23.2 Å². The summed E-state index contributed by atoms with van der Waals surface area (Å²) in [5.41, 5.74) is 0.949. The van der Waals surface area contributed by atoms with Gasteiger partial charge in [-0.1, -0.05) is 0 Å². The number of aromatic carboxylic acids is 1. The van der Waals surface area contributed by atoms with Crippen molar-refractivity contribution in [2.45, 2.75) is 18.9 Å². The van der Waals surface area contributed by atoms with E-state index in [4.69, 9.17) is 5.11 Å². The highest BCUT2D eigenvalue weighted by atomic mass is 16.4. The van der Waals surface area contributed by atoms with Gasteiger partial charge in [0.25, 0.3) is 0 Å². The zero-order valence-corrected chi connectivity index (χ0v) is 10.2. The van der Waals surface area contributed by atoms with Gasteiger partial charge in [-0.3, -0.25) is 4.98 Å². The number of nitrogens with zero attached hydrogens (tertiary/aromatic N) is 2. The molecule has 0 saturated carbocycles. The molecule has 1 unspecified atom stereocenters. The van der Waals surface area contributed by atoms with Crippen molar-refractivity contribution in [1.82, 2.24) is 9.88 Å². The zero-order chi connectivity index (χ0) is 12.5. The summed E-state index contributed by atoms with van der Waals surface area (Å²) in [4.78, 5) is 17.5. The number of aromatic nitrogens is 1. The Balaban J connectivity index is 1.78. The van der Waals surface area contributed by atoms with Crippen molar-refractivity contribution in [1.29, 1.82) is 0 Å². The third-order valence-corrected chi connectivity index (χ3v) is 4.05. The number of rotatable bonds is 3. The molecule has 2 bridgehead atoms. The minimum Gasteiger partial charge on any atom is -0.478 e. The van der Waals surface area contributed by atoms with Crippen molar-refractivity contribution >= 4 is 11.7 Å². The fraction of sp³-hybridized carbons (Fsp3) is 0.538. The van der Waals surface area contributed by atoms with Crippen LogP contribution in [0.25, 0.3) is 0 Å². The largest absolute Gasteiger partial charge is 0.478 e. The summed E-state index contributed by atoms with van der Waals surface area (Å²) in [6.45, 7) is 3.39. The van der Waals surface area contributed by atoms with Gasteiger partial charge in [-0.2, -0.15) is 0 Å². The third-order valence-electron chi connectivity index (χ3n) is 4.05. The number of fused-ring (bicyclic) bond motifs is 3. The number of anilines is 1. The molecular weight excluding hydrogens is 230 g/mol. The van der Waals surface area contributed by atoms with Crippen LogP contribution in [-0.4, -0.2) is 46.6 Å². The van der Waals surface area contributed by atoms with E-state index >= 15 is 0 Å². The standard InChI is InChI=1S/C13H17N3O2/c17-13(18)10-7-14-4-1-11(10)15-12-8-16-5-2-9(12)3-6-16/h1,4,7,9,12H,2-3,5-6,8H2,(H,14,15)(H,17,18). The molecule has 5 heteroatoms. The minimum atomic E-state index is -0.924. The Hall–Kier alpha value is -1.62. The van der Waals surface area contributed by atoms with Crippen molar-refractivity contribution in [3.8, 4) is 0 Å². The molecule has 4 heterocycles. The van der Waals surface area contributed by atoms with Crippen molar-refractivity contribution in [3.05, 3.63) is 24.0 Å². The van der Waals surface area contributed by atoms with E-state index in [1.54, 1.807) is 12.3 Å². The van der Waals surface area contributed by atoms with Crippen LogP contribution in [-0.2, 0) is 0 Å². The average Bonchev–Trinajstić information content (AvgIpc) is 2.40. The highest BCUT2D eigenvalue weighted by Gasteiger charge is 2.34. The number of nitrogens with one attached hydrogen (secondary N) is 1. The molecule has 1 aromatic rings. The topological polar surface area (TPSA) is 65.5 Å². The summed E-state index contributed by atoms with van der Waals surface area (Å²) < 4.78 is 0. The monoisotopic (exact) mass is 247 g/mol. The second-order valence-corrected chi connectivity index (χ2v) is 5.12. The van der Waals surface area contributed by atoms with Crippen LogP contribution in [0.3, 0.4) is 0 Å². The van der Waals surface area contributed by atoms with Gasteiger partial charge in [0.05, 0.1) is 5.69 Å². The first kappa shape index (κ1) is 11.5. The van der Waals surface area contributed by atoms with Crippen LogP contribution in [0.5, 0.6) is 0 Å². The van der Waals surface area contributed by atoms with Crippen molar-refractivity contribution < 1.29 is 9.90 Å². The maximum absolute atomic E-state index is 11.1. The molecule has 3 aliphatic rings. The van der Waals surface area contributed by atoms with Crippen LogP contribution in [0, 0.1) is 5.92 Å². The Morgan fingerprint density at radius 2 is 2.22 bits per heavy atom. The lowest BCUT2D eigenvalue weighted by Gasteiger charge is -2.45. The van der Waals surface area contributed by atoms with Crippen LogP contribution >= 0.6 is 0 Å². The predicted molar refractivity (Wildman–Crippen MR) is 67.8 cm³/mol. The van der Waals surface area contributed by atoms with E-state index in [1.165, 1.54) is 32.1 Å². The molecule has 3 saturated heterocycles. The van der Waals surface area contributed by atoms with Gasteiger partial charge in [0, 0.05) is 25.0 Å². The summed E-state index contributed by atoms with van der Waals surface area (Å²) in [6.07, 6.45) is 5.47. The van der Waals surface area contributed by atoms with Crippen LogP contribution in [0.2, 0.25) is 0 Å². The van der Waals surface area contributed by atoms with Crippen LogP contribution in [0.4, 0.5) is 5.69 Å². The molecule has 4 rings (SSSR count). The Labute approximate surface area is 106 Å². The summed E-state index contributed by atoms with van der Waals surface area (Å²) >= 11 is 0. The van der Waals surface area contributed by atoms with Crippen LogP contribution in [0.15, 0.2) is 18.5 Å². The number of hydrogen-bond acceptors (Lipinski definition) is 4. The fourth-order valence-electron chi connectivity index (χ4n) is 3.02. The lowest BCUT2D eigenvalue weighted by molar-refractivity contribution is 0.0696. The van der Waals surface area contributed by atoms with Gasteiger partial charge in [-0.25, -0.2) is 4.79 Å². The Kier molecular flexibility index (Phi) is 2.91. The summed E-state index contributed by atoms with van der Waals surface area (Å²) in [6, 6.07) is 2.12. The molecular formula is C13H17N3O2. The Morgan fingerprint density at radius 3 is 2.83 bits per heavy atom. The number of hydrogen-bond donors (Lipinski definition) is 2. The molecule has 5 nitrogen and oxygen atoms in total. The van der Waals surface area contributed by atoms with Gasteiger partial charge in [-0.15, -0.1) is 0 Å². The third kappa shape index (κ3) is 2.06. The van der Waals surface area contributed by atoms with Gasteiger partial charge in [0.2, 0.25) is 0 Å². The first-order chi connectivity index (χ1) is 8.74. The maximum atomic E-state index is 11.1. The SMILES string of the molecule is O=C(O)c1cnccc1NC1CN2CCC1CC2. The summed E-state index contributed by atoms with van der Waals surface area (Å²) in [5.74, 6) is -0.253. The summed E-state index contributed by atoms with van der Waals surface area (Å²) in [5, 5.41) is 12.5. The van der Waals surface area contributed by atoms with Gasteiger partial charge in [0.15, 0.2) is 0 Å². The van der Waals surface area contributed by atoms with Crippen LogP contribution < -0.4 is 5.32 Å². The number of carboxylic acid groups (broad SMARTS) is 1. The number of piperidine rings is 3. The molecule has 2 N–H and O–H groups in total. The minimum absolute atomic E-state index is 0.258. The van der Waals surface area contributed by atoms with E-state index < -0.39 is 5.97 Å². The number of pyridine rings is 1. The lowest BCUT2D eigenvalue weighted by atomic mass is 9.84. The smallest absolute Gasteiger partial charge is 0.339 e. The normalized spacial score (nSPS) is 30.1. The molecule has 0 aromatic carbocycles. The van der Waals surface area contributed by atoms with E-state index in [1.807, 2.05) is 0 Å². The highest BCUT2D eigenvalue weighted by Crippen LogP contribution is 2.30. The van der Waals surface area contributed by atoms with Gasteiger partial charge in [0.1, 0.15) is 5.56 Å². The van der Waals surface area contributed by atoms with Crippen molar-refractivity contribution in [3.63, 3.8) is 0 Å². The second kappa shape index (κ2) is 4.57. The zero-order valence-electron chi connectivity index (χ0n) is 10.2. The first-order valence-corrected chi connectivity index (χ1v) is 6.40. The van der Waals surface area contributed by atoms with Gasteiger partial charge >= 0.3 is 5.97 Å². The van der Waals surface area contributed by atoms with E-state index in [0.717, 1.165) is 6.54 Å². The molecule has 3 fully saturated rings. The number of carboxylic acids is 1. The van der Waals surface area contributed by atoms with Crippen molar-refractivity contribution in [2.24, 2.45) is 5.92 Å². The van der Waals surface area contributed by atoms with Gasteiger partial charge < -0.3 is 15.3 Å². The quantitative estimate of drug-likeness (QED) is 0.842. The molecule has 0 amide bonds. The first-order valence-electron chi connectivity index (χ1n) is 6.40. The average molecular weight is 247 g/mol. The summed E-state index contributed by atoms with van der Waals surface area (Å²) in [7, 11) is 0. The van der Waals surface area contributed by atoms with E-state index in [9.17, 15) is 4.79 Å². The molecule has 1 aromatic heterocycles. The fourth-order valence-corrected chi connectivity index (χ4v) is 3.02. The maximum Gasteiger partial charge on any atom is 0.339 e. The molecule has 18 heavy (non-hydrogen) atoms. The molecule has 3 aliphatic heterocycles. The van der Waals surface area contributed by atoms with Crippen molar-refractivity contribution in [2.75, 3.05) is 25.0 Å². The Morgan fingerprint density at radius 1 is 1.44 bits per heavy atom. The molecule has 0 aliphatic carbocycles. The predicted octanol–water partition coefficient (Wildman–Crippen LogP) is 1.29.